The summed E-state index contributed by atoms with van der Waals surface area (Å²) in [7, 11) is -1.20. The van der Waals surface area contributed by atoms with Crippen molar-refractivity contribution in [1.82, 2.24) is 23.8 Å². The van der Waals surface area contributed by atoms with Gasteiger partial charge in [0, 0.05) is 44.3 Å². The number of aromatic nitrogens is 4. The molecule has 0 aromatic carbocycles. The first-order valence-electron chi connectivity index (χ1n) is 9.64. The van der Waals surface area contributed by atoms with E-state index in [0.717, 1.165) is 41.9 Å². The average Bonchev–Trinajstić information content (AvgIpc) is 3.31. The van der Waals surface area contributed by atoms with E-state index >= 15 is 0 Å². The predicted octanol–water partition coefficient (Wildman–Crippen LogP) is 1.82. The summed E-state index contributed by atoms with van der Waals surface area (Å²) < 4.78 is 29.5. The standard InChI is InChI=1S/C19H24N6O2S/c1-23(19-17-4-5-20-18(17)21-13-22-19)16-9-14(10-16)12-28(26,27)25-8-7-24-6-2-3-15(24)11-25/h2-6,13-14,16H,7-12H2,1H3,(H,20,21,22)/t14-,16+. The monoisotopic (exact) mass is 400 g/mol. The summed E-state index contributed by atoms with van der Waals surface area (Å²) in [5.74, 6) is 1.34. The first-order valence-corrected chi connectivity index (χ1v) is 11.2. The molecule has 1 aliphatic carbocycles. The summed E-state index contributed by atoms with van der Waals surface area (Å²) in [5, 5.41) is 0.998. The van der Waals surface area contributed by atoms with Crippen LogP contribution in [0.3, 0.4) is 0 Å². The number of anilines is 1. The molecule has 1 N–H and O–H groups in total. The van der Waals surface area contributed by atoms with Gasteiger partial charge in [0.05, 0.1) is 17.7 Å². The van der Waals surface area contributed by atoms with Gasteiger partial charge in [-0.05, 0) is 37.0 Å². The minimum atomic E-state index is -3.23. The quantitative estimate of drug-likeness (QED) is 0.706. The lowest BCUT2D eigenvalue weighted by atomic mass is 9.81. The highest BCUT2D eigenvalue weighted by Crippen LogP contribution is 2.36. The molecule has 4 heterocycles. The Bertz CT molecular complexity index is 1100. The second kappa shape index (κ2) is 6.59. The van der Waals surface area contributed by atoms with Gasteiger partial charge in [-0.15, -0.1) is 0 Å². The van der Waals surface area contributed by atoms with Crippen LogP contribution in [-0.2, 0) is 23.1 Å². The SMILES string of the molecule is CN(c1ncnc2[nH]ccc12)[C@H]1C[C@@H](CS(=O)(=O)N2CCn3cccc3C2)C1. The van der Waals surface area contributed by atoms with Crippen LogP contribution in [0.1, 0.15) is 18.5 Å². The molecule has 2 aliphatic rings. The summed E-state index contributed by atoms with van der Waals surface area (Å²) >= 11 is 0. The highest BCUT2D eigenvalue weighted by molar-refractivity contribution is 7.89. The van der Waals surface area contributed by atoms with Crippen LogP contribution in [0.25, 0.3) is 11.0 Å². The molecule has 1 saturated carbocycles. The molecule has 148 valence electrons. The number of nitrogens with zero attached hydrogens (tertiary/aromatic N) is 5. The van der Waals surface area contributed by atoms with Gasteiger partial charge < -0.3 is 14.5 Å². The third-order valence-electron chi connectivity index (χ3n) is 6.12. The molecule has 0 bridgehead atoms. The molecule has 5 rings (SSSR count). The lowest BCUT2D eigenvalue weighted by Crippen LogP contribution is -2.47. The highest BCUT2D eigenvalue weighted by Gasteiger charge is 2.38. The molecule has 1 aliphatic heterocycles. The Kier molecular flexibility index (Phi) is 4.17. The molecule has 3 aromatic heterocycles. The molecule has 3 aromatic rings. The topological polar surface area (TPSA) is 87.1 Å². The number of fused-ring (bicyclic) bond motifs is 2. The molecule has 0 atom stereocenters. The number of sulfonamides is 1. The van der Waals surface area contributed by atoms with Gasteiger partial charge >= 0.3 is 0 Å². The minimum absolute atomic E-state index is 0.203. The first-order chi connectivity index (χ1) is 13.5. The minimum Gasteiger partial charge on any atom is -0.356 e. The Labute approximate surface area is 164 Å². The van der Waals surface area contributed by atoms with Crippen LogP contribution in [0.15, 0.2) is 36.9 Å². The smallest absolute Gasteiger partial charge is 0.214 e. The fraction of sp³-hybridized carbons (Fsp3) is 0.474. The lowest BCUT2D eigenvalue weighted by Gasteiger charge is -2.42. The number of aromatic amines is 1. The van der Waals surface area contributed by atoms with Crippen molar-refractivity contribution in [3.63, 3.8) is 0 Å². The fourth-order valence-electron chi connectivity index (χ4n) is 4.40. The van der Waals surface area contributed by atoms with E-state index in [2.05, 4.69) is 24.4 Å². The van der Waals surface area contributed by atoms with E-state index in [1.165, 1.54) is 0 Å². The van der Waals surface area contributed by atoms with Gasteiger partial charge in [0.2, 0.25) is 10.0 Å². The average molecular weight is 401 g/mol. The Morgan fingerprint density at radius 1 is 1.25 bits per heavy atom. The van der Waals surface area contributed by atoms with E-state index in [-0.39, 0.29) is 11.7 Å². The maximum atomic E-state index is 12.9. The van der Waals surface area contributed by atoms with E-state index in [9.17, 15) is 8.42 Å². The van der Waals surface area contributed by atoms with E-state index in [0.29, 0.717) is 19.1 Å². The molecule has 0 spiro atoms. The summed E-state index contributed by atoms with van der Waals surface area (Å²) in [6, 6.07) is 6.27. The van der Waals surface area contributed by atoms with E-state index in [1.807, 2.05) is 37.6 Å². The van der Waals surface area contributed by atoms with Crippen molar-refractivity contribution >= 4 is 26.9 Å². The van der Waals surface area contributed by atoms with Gasteiger partial charge in [-0.1, -0.05) is 0 Å². The molecule has 0 radical (unpaired) electrons. The largest absolute Gasteiger partial charge is 0.356 e. The molecule has 1 fully saturated rings. The van der Waals surface area contributed by atoms with Crippen molar-refractivity contribution in [2.45, 2.75) is 32.0 Å². The lowest BCUT2D eigenvalue weighted by molar-refractivity contribution is 0.273. The van der Waals surface area contributed by atoms with Crippen LogP contribution in [0.5, 0.6) is 0 Å². The summed E-state index contributed by atoms with van der Waals surface area (Å²) in [5.41, 5.74) is 1.89. The van der Waals surface area contributed by atoms with E-state index < -0.39 is 10.0 Å². The molecular formula is C19H24N6O2S. The van der Waals surface area contributed by atoms with E-state index in [1.54, 1.807) is 10.6 Å². The maximum Gasteiger partial charge on any atom is 0.214 e. The number of hydrogen-bond donors (Lipinski definition) is 1. The van der Waals surface area contributed by atoms with Crippen molar-refractivity contribution in [2.75, 3.05) is 24.2 Å². The predicted molar refractivity (Wildman–Crippen MR) is 107 cm³/mol. The zero-order valence-corrected chi connectivity index (χ0v) is 16.6. The second-order valence-electron chi connectivity index (χ2n) is 7.84. The number of hydrogen-bond acceptors (Lipinski definition) is 5. The van der Waals surface area contributed by atoms with Crippen molar-refractivity contribution in [2.24, 2.45) is 5.92 Å². The van der Waals surface area contributed by atoms with Gasteiger partial charge in [-0.3, -0.25) is 0 Å². The van der Waals surface area contributed by atoms with Crippen molar-refractivity contribution in [1.29, 1.82) is 0 Å². The summed E-state index contributed by atoms with van der Waals surface area (Å²) in [4.78, 5) is 13.9. The third-order valence-corrected chi connectivity index (χ3v) is 8.11. The Morgan fingerprint density at radius 3 is 2.96 bits per heavy atom. The zero-order valence-electron chi connectivity index (χ0n) is 15.8. The van der Waals surface area contributed by atoms with Crippen LogP contribution < -0.4 is 4.90 Å². The fourth-order valence-corrected chi connectivity index (χ4v) is 6.16. The maximum absolute atomic E-state index is 12.9. The Morgan fingerprint density at radius 2 is 2.11 bits per heavy atom. The van der Waals surface area contributed by atoms with Crippen LogP contribution in [0.4, 0.5) is 5.82 Å². The molecule has 0 saturated heterocycles. The second-order valence-corrected chi connectivity index (χ2v) is 9.86. The molecule has 9 heteroatoms. The number of H-pyrrole nitrogens is 1. The van der Waals surface area contributed by atoms with Gasteiger partial charge in [0.1, 0.15) is 17.8 Å². The molecular weight excluding hydrogens is 376 g/mol. The van der Waals surface area contributed by atoms with Gasteiger partial charge in [0.25, 0.3) is 0 Å². The van der Waals surface area contributed by atoms with Crippen molar-refractivity contribution < 1.29 is 8.42 Å². The third kappa shape index (κ3) is 2.98. The van der Waals surface area contributed by atoms with Crippen molar-refractivity contribution in [3.05, 3.63) is 42.6 Å². The van der Waals surface area contributed by atoms with Gasteiger partial charge in [-0.2, -0.15) is 4.31 Å². The summed E-state index contributed by atoms with van der Waals surface area (Å²) in [6.07, 6.45) is 7.19. The summed E-state index contributed by atoms with van der Waals surface area (Å²) in [6.45, 7) is 1.78. The van der Waals surface area contributed by atoms with Crippen LogP contribution in [0.2, 0.25) is 0 Å². The Balaban J connectivity index is 1.22. The molecule has 8 nitrogen and oxygen atoms in total. The molecule has 0 unspecified atom stereocenters. The van der Waals surface area contributed by atoms with Crippen LogP contribution in [-0.4, -0.2) is 57.6 Å². The Hall–Kier alpha value is -2.39. The highest BCUT2D eigenvalue weighted by atomic mass is 32.2. The number of nitrogens with one attached hydrogen (secondary N) is 1. The van der Waals surface area contributed by atoms with E-state index in [4.69, 9.17) is 0 Å². The zero-order chi connectivity index (χ0) is 19.3. The van der Waals surface area contributed by atoms with Crippen LogP contribution in [0, 0.1) is 5.92 Å². The normalized spacial score (nSPS) is 22.8. The molecule has 0 amide bonds. The van der Waals surface area contributed by atoms with Gasteiger partial charge in [-0.25, -0.2) is 18.4 Å². The first kappa shape index (κ1) is 17.7. The number of rotatable bonds is 5. The van der Waals surface area contributed by atoms with Crippen molar-refractivity contribution in [3.8, 4) is 0 Å². The van der Waals surface area contributed by atoms with Gasteiger partial charge in [0.15, 0.2) is 0 Å². The molecule has 28 heavy (non-hydrogen) atoms. The van der Waals surface area contributed by atoms with Crippen LogP contribution >= 0.6 is 0 Å².